The first kappa shape index (κ1) is 19.8. The van der Waals surface area contributed by atoms with Gasteiger partial charge in [0.05, 0.1) is 0 Å². The van der Waals surface area contributed by atoms with Crippen LogP contribution in [0, 0.1) is 0 Å². The Morgan fingerprint density at radius 3 is 2.58 bits per heavy atom. The van der Waals surface area contributed by atoms with Gasteiger partial charge in [-0.1, -0.05) is 28.1 Å². The van der Waals surface area contributed by atoms with Crippen molar-refractivity contribution in [3.05, 3.63) is 52.1 Å². The third kappa shape index (κ3) is 6.09. The van der Waals surface area contributed by atoms with Crippen molar-refractivity contribution in [3.8, 4) is 5.88 Å². The summed E-state index contributed by atoms with van der Waals surface area (Å²) in [7, 11) is 1.81. The van der Waals surface area contributed by atoms with E-state index in [9.17, 15) is 8.78 Å². The molecule has 0 atom stereocenters. The molecule has 0 bridgehead atoms. The Kier molecular flexibility index (Phi) is 8.66. The summed E-state index contributed by atoms with van der Waals surface area (Å²) < 4.78 is 31.5. The summed E-state index contributed by atoms with van der Waals surface area (Å²) in [4.78, 5) is 12.7. The zero-order valence-corrected chi connectivity index (χ0v) is 14.4. The van der Waals surface area contributed by atoms with E-state index in [-0.39, 0.29) is 18.2 Å². The van der Waals surface area contributed by atoms with Crippen LogP contribution in [0.2, 0.25) is 0 Å². The molecule has 0 aliphatic rings. The van der Waals surface area contributed by atoms with Crippen molar-refractivity contribution in [2.24, 2.45) is 5.84 Å². The minimum Gasteiger partial charge on any atom is -0.473 e. The fraction of sp³-hybridized carbons (Fsp3) is 0.200. The lowest BCUT2D eigenvalue weighted by Crippen LogP contribution is -2.18. The quantitative estimate of drug-likeness (QED) is 0.299. The van der Waals surface area contributed by atoms with Crippen LogP contribution in [-0.4, -0.2) is 18.4 Å². The van der Waals surface area contributed by atoms with Crippen LogP contribution in [0.4, 0.5) is 14.5 Å². The molecule has 0 radical (unpaired) electrons. The molecule has 0 aliphatic heterocycles. The Morgan fingerprint density at radius 2 is 2.00 bits per heavy atom. The van der Waals surface area contributed by atoms with Crippen molar-refractivity contribution in [3.63, 3.8) is 0 Å². The molecule has 0 fully saturated rings. The van der Waals surface area contributed by atoms with E-state index in [1.807, 2.05) is 18.2 Å². The topological polar surface area (TPSA) is 89.3 Å². The van der Waals surface area contributed by atoms with Crippen molar-refractivity contribution in [2.75, 3.05) is 12.4 Å². The second-order valence-corrected chi connectivity index (χ2v) is 5.14. The van der Waals surface area contributed by atoms with Gasteiger partial charge in [-0.25, -0.2) is 19.6 Å². The molecular weight excluding hydrogens is 386 g/mol. The lowest BCUT2D eigenvalue weighted by Gasteiger charge is -2.12. The Balaban J connectivity index is 0.000000648. The summed E-state index contributed by atoms with van der Waals surface area (Å²) >= 11 is 3.44. The van der Waals surface area contributed by atoms with Gasteiger partial charge in [-0.05, 0) is 18.2 Å². The molecule has 0 aliphatic carbocycles. The number of hydrogen-bond donors (Lipinski definition) is 3. The SMILES string of the molecule is CNc1cccc(Br)c1COc1cccc(C(F)F)n1.NNC=O. The maximum Gasteiger partial charge on any atom is 0.280 e. The zero-order chi connectivity index (χ0) is 17.9. The van der Waals surface area contributed by atoms with Gasteiger partial charge in [0.15, 0.2) is 0 Å². The molecule has 1 aromatic carbocycles. The number of benzene rings is 1. The van der Waals surface area contributed by atoms with Gasteiger partial charge in [0.2, 0.25) is 12.3 Å². The van der Waals surface area contributed by atoms with Crippen molar-refractivity contribution < 1.29 is 18.3 Å². The maximum atomic E-state index is 12.6. The number of anilines is 1. The molecule has 1 aromatic heterocycles. The van der Waals surface area contributed by atoms with E-state index < -0.39 is 6.43 Å². The molecule has 2 rings (SSSR count). The number of ether oxygens (including phenoxy) is 1. The monoisotopic (exact) mass is 402 g/mol. The minimum atomic E-state index is -2.60. The molecule has 0 unspecified atom stereocenters. The van der Waals surface area contributed by atoms with Crippen LogP contribution in [0.1, 0.15) is 17.7 Å². The molecule has 4 N–H and O–H groups in total. The predicted molar refractivity (Wildman–Crippen MR) is 90.6 cm³/mol. The highest BCUT2D eigenvalue weighted by Crippen LogP contribution is 2.26. The summed E-state index contributed by atoms with van der Waals surface area (Å²) in [6.07, 6.45) is -2.20. The average Bonchev–Trinajstić information content (AvgIpc) is 2.60. The van der Waals surface area contributed by atoms with Gasteiger partial charge in [0.25, 0.3) is 6.43 Å². The molecular formula is C15H17BrF2N4O2. The van der Waals surface area contributed by atoms with E-state index in [0.29, 0.717) is 6.41 Å². The fourth-order valence-corrected chi connectivity index (χ4v) is 2.20. The van der Waals surface area contributed by atoms with Gasteiger partial charge in [-0.2, -0.15) is 0 Å². The average molecular weight is 403 g/mol. The molecule has 130 valence electrons. The van der Waals surface area contributed by atoms with Gasteiger partial charge in [0.1, 0.15) is 12.3 Å². The highest BCUT2D eigenvalue weighted by molar-refractivity contribution is 9.10. The standard InChI is InChI=1S/C14H13BrF2N2O.CH4N2O/c1-18-11-5-2-4-10(15)9(11)8-20-13-7-3-6-12(19-13)14(16)17;2-3-1-4/h2-7,14,18H,8H2,1H3;1H,2H2,(H,3,4). The molecule has 24 heavy (non-hydrogen) atoms. The fourth-order valence-electron chi connectivity index (χ4n) is 1.72. The predicted octanol–water partition coefficient (Wildman–Crippen LogP) is 3.01. The number of halogens is 3. The molecule has 2 aromatic rings. The number of carbonyl (C=O) groups is 1. The van der Waals surface area contributed by atoms with Crippen molar-refractivity contribution in [2.45, 2.75) is 13.0 Å². The normalized spacial score (nSPS) is 9.75. The Morgan fingerprint density at radius 1 is 1.33 bits per heavy atom. The molecule has 0 spiro atoms. The lowest BCUT2D eigenvalue weighted by molar-refractivity contribution is -0.109. The lowest BCUT2D eigenvalue weighted by atomic mass is 10.2. The molecule has 1 heterocycles. The number of nitrogens with one attached hydrogen (secondary N) is 2. The Bertz CT molecular complexity index is 659. The minimum absolute atomic E-state index is 0.181. The number of carbonyl (C=O) groups excluding carboxylic acids is 1. The van der Waals surface area contributed by atoms with Crippen molar-refractivity contribution in [1.29, 1.82) is 0 Å². The van der Waals surface area contributed by atoms with Gasteiger partial charge in [-0.15, -0.1) is 0 Å². The second-order valence-electron chi connectivity index (χ2n) is 4.29. The number of nitrogens with two attached hydrogens (primary N) is 1. The van der Waals surface area contributed by atoms with E-state index in [1.54, 1.807) is 18.5 Å². The number of aromatic nitrogens is 1. The van der Waals surface area contributed by atoms with Crippen LogP contribution in [0.5, 0.6) is 5.88 Å². The molecule has 6 nitrogen and oxygen atoms in total. The third-order valence-electron chi connectivity index (χ3n) is 2.79. The van der Waals surface area contributed by atoms with Crippen LogP contribution in [0.3, 0.4) is 0 Å². The van der Waals surface area contributed by atoms with Gasteiger partial charge in [-0.3, -0.25) is 10.2 Å². The highest BCUT2D eigenvalue weighted by Gasteiger charge is 2.11. The van der Waals surface area contributed by atoms with E-state index in [0.717, 1.165) is 15.7 Å². The number of rotatable bonds is 6. The van der Waals surface area contributed by atoms with Crippen LogP contribution < -0.4 is 21.3 Å². The van der Waals surface area contributed by atoms with Crippen LogP contribution in [0.15, 0.2) is 40.9 Å². The molecule has 9 heteroatoms. The second kappa shape index (κ2) is 10.5. The Labute approximate surface area is 146 Å². The van der Waals surface area contributed by atoms with Gasteiger partial charge < -0.3 is 10.1 Å². The number of alkyl halides is 2. The largest absolute Gasteiger partial charge is 0.473 e. The summed E-state index contributed by atoms with van der Waals surface area (Å²) in [5.74, 6) is 4.59. The number of hydrogen-bond acceptors (Lipinski definition) is 5. The highest BCUT2D eigenvalue weighted by atomic mass is 79.9. The maximum absolute atomic E-state index is 12.6. The number of hydrazine groups is 1. The van der Waals surface area contributed by atoms with E-state index in [1.165, 1.54) is 12.1 Å². The molecule has 0 saturated carbocycles. The summed E-state index contributed by atoms with van der Waals surface area (Å²) in [5.41, 5.74) is 3.27. The summed E-state index contributed by atoms with van der Waals surface area (Å²) in [6, 6.07) is 10.0. The van der Waals surface area contributed by atoms with Gasteiger partial charge >= 0.3 is 0 Å². The Hall–Kier alpha value is -2.26. The summed E-state index contributed by atoms with van der Waals surface area (Å²) in [5, 5.41) is 3.05. The van der Waals surface area contributed by atoms with E-state index in [4.69, 9.17) is 9.53 Å². The smallest absolute Gasteiger partial charge is 0.280 e. The van der Waals surface area contributed by atoms with Crippen LogP contribution >= 0.6 is 15.9 Å². The van der Waals surface area contributed by atoms with E-state index >= 15 is 0 Å². The molecule has 0 saturated heterocycles. The number of nitrogens with zero attached hydrogens (tertiary/aromatic N) is 1. The summed E-state index contributed by atoms with van der Waals surface area (Å²) in [6.45, 7) is 0.233. The van der Waals surface area contributed by atoms with Crippen LogP contribution in [0.25, 0.3) is 0 Å². The number of amides is 1. The van der Waals surface area contributed by atoms with Gasteiger partial charge in [0, 0.05) is 28.8 Å². The van der Waals surface area contributed by atoms with Crippen LogP contribution in [-0.2, 0) is 11.4 Å². The van der Waals surface area contributed by atoms with Crippen molar-refractivity contribution >= 4 is 28.0 Å². The van der Waals surface area contributed by atoms with E-state index in [2.05, 4.69) is 32.1 Å². The number of pyridine rings is 1. The molecule has 1 amide bonds. The first-order valence-electron chi connectivity index (χ1n) is 6.76. The van der Waals surface area contributed by atoms with Crippen molar-refractivity contribution in [1.82, 2.24) is 10.4 Å². The first-order chi connectivity index (χ1) is 11.5. The third-order valence-corrected chi connectivity index (χ3v) is 3.53. The zero-order valence-electron chi connectivity index (χ0n) is 12.8. The first-order valence-corrected chi connectivity index (χ1v) is 7.55.